The van der Waals surface area contributed by atoms with Gasteiger partial charge >= 0.3 is 0 Å². The lowest BCUT2D eigenvalue weighted by molar-refractivity contribution is 0.669. The van der Waals surface area contributed by atoms with Crippen molar-refractivity contribution in [3.8, 4) is 11.4 Å². The smallest absolute Gasteiger partial charge is 0.160 e. The number of aromatic nitrogens is 2. The summed E-state index contributed by atoms with van der Waals surface area (Å²) in [6.45, 7) is 2.30. The summed E-state index contributed by atoms with van der Waals surface area (Å²) in [5, 5.41) is 9.38. The van der Waals surface area contributed by atoms with Gasteiger partial charge in [-0.3, -0.25) is 0 Å². The Morgan fingerprint density at radius 2 is 1.09 bits per heavy atom. The van der Waals surface area contributed by atoms with Crippen LogP contribution in [0.3, 0.4) is 0 Å². The van der Waals surface area contributed by atoms with E-state index < -0.39 is 0 Å². The molecule has 0 aliphatic carbocycles. The van der Waals surface area contributed by atoms with Gasteiger partial charge in [0.05, 0.1) is 44.5 Å². The van der Waals surface area contributed by atoms with Crippen LogP contribution in [-0.4, -0.2) is 20.7 Å². The molecule has 0 fully saturated rings. The number of rotatable bonds is 5. The van der Waals surface area contributed by atoms with Crippen LogP contribution in [0.15, 0.2) is 221 Å². The minimum absolute atomic E-state index is 0.0674. The molecule has 5 nitrogen and oxygen atoms in total. The molecule has 0 saturated heterocycles. The fourth-order valence-electron chi connectivity index (χ4n) is 10.2. The summed E-state index contributed by atoms with van der Waals surface area (Å²) in [6, 6.07) is 71.4. The molecule has 0 spiro atoms. The van der Waals surface area contributed by atoms with E-state index in [-0.39, 0.29) is 5.92 Å². The van der Waals surface area contributed by atoms with Crippen LogP contribution in [0.4, 0.5) is 0 Å². The SMILES string of the molecule is CC1C/C=C(c2ccc3oc4ccccc4c3c2-n2c3ccccc3c3cc4ccccc4cc32)/N=C(c2ccccc2)\N=C/1c1ccc2c3ccccc3n(-c3ccccc3)c2c1. The molecule has 1 aliphatic heterocycles. The van der Waals surface area contributed by atoms with E-state index in [0.29, 0.717) is 5.84 Å². The van der Waals surface area contributed by atoms with Crippen LogP contribution in [0.25, 0.3) is 93.4 Å². The first-order chi connectivity index (χ1) is 31.7. The lowest BCUT2D eigenvalue weighted by atomic mass is 9.92. The van der Waals surface area contributed by atoms with Crippen LogP contribution < -0.4 is 0 Å². The van der Waals surface area contributed by atoms with E-state index in [0.717, 1.165) is 84.4 Å². The van der Waals surface area contributed by atoms with Gasteiger partial charge in [0.25, 0.3) is 0 Å². The van der Waals surface area contributed by atoms with Gasteiger partial charge in [-0.25, -0.2) is 9.98 Å². The van der Waals surface area contributed by atoms with E-state index in [1.807, 2.05) is 6.07 Å². The Morgan fingerprint density at radius 3 is 1.89 bits per heavy atom. The molecule has 64 heavy (non-hydrogen) atoms. The molecule has 9 aromatic carbocycles. The fraction of sp³-hybridized carbons (Fsp3) is 0.0508. The van der Waals surface area contributed by atoms with Crippen LogP contribution in [0.5, 0.6) is 0 Å². The van der Waals surface area contributed by atoms with E-state index in [4.69, 9.17) is 14.4 Å². The number of nitrogens with zero attached hydrogens (tertiary/aromatic N) is 4. The van der Waals surface area contributed by atoms with Crippen molar-refractivity contribution in [2.75, 3.05) is 0 Å². The van der Waals surface area contributed by atoms with Gasteiger partial charge in [0, 0.05) is 49.7 Å². The zero-order valence-electron chi connectivity index (χ0n) is 35.1. The van der Waals surface area contributed by atoms with Crippen LogP contribution in [0.2, 0.25) is 0 Å². The largest absolute Gasteiger partial charge is 0.456 e. The first-order valence-corrected chi connectivity index (χ1v) is 22.0. The van der Waals surface area contributed by atoms with Gasteiger partial charge < -0.3 is 13.6 Å². The molecule has 0 bridgehead atoms. The van der Waals surface area contributed by atoms with E-state index in [2.05, 4.69) is 216 Å². The molecule has 1 atom stereocenters. The molecule has 13 rings (SSSR count). The second-order valence-corrected chi connectivity index (χ2v) is 16.9. The highest BCUT2D eigenvalue weighted by molar-refractivity contribution is 6.20. The lowest BCUT2D eigenvalue weighted by Crippen LogP contribution is -2.17. The van der Waals surface area contributed by atoms with Crippen LogP contribution in [-0.2, 0) is 0 Å². The third kappa shape index (κ3) is 5.64. The third-order valence-corrected chi connectivity index (χ3v) is 13.2. The van der Waals surface area contributed by atoms with Gasteiger partial charge in [-0.2, -0.15) is 0 Å². The third-order valence-electron chi connectivity index (χ3n) is 13.2. The lowest BCUT2D eigenvalue weighted by Gasteiger charge is -2.21. The van der Waals surface area contributed by atoms with Crippen molar-refractivity contribution in [3.63, 3.8) is 0 Å². The average Bonchev–Trinajstić information content (AvgIpc) is 4.00. The summed E-state index contributed by atoms with van der Waals surface area (Å²) >= 11 is 0. The molecule has 0 radical (unpaired) electrons. The summed E-state index contributed by atoms with van der Waals surface area (Å²) in [5.74, 6) is 0.742. The van der Waals surface area contributed by atoms with E-state index in [9.17, 15) is 0 Å². The number of para-hydroxylation sites is 4. The molecule has 1 aliphatic rings. The van der Waals surface area contributed by atoms with Gasteiger partial charge in [0.2, 0.25) is 0 Å². The Labute approximate surface area is 369 Å². The summed E-state index contributed by atoms with van der Waals surface area (Å²) in [7, 11) is 0. The average molecular weight is 821 g/mol. The molecule has 5 heteroatoms. The zero-order chi connectivity index (χ0) is 42.3. The Hall–Kier alpha value is -8.28. The quantitative estimate of drug-likeness (QED) is 0.171. The molecule has 1 unspecified atom stereocenters. The predicted molar refractivity (Wildman–Crippen MR) is 268 cm³/mol. The zero-order valence-corrected chi connectivity index (χ0v) is 35.1. The summed E-state index contributed by atoms with van der Waals surface area (Å²) in [5.41, 5.74) is 13.4. The number of furan rings is 1. The maximum absolute atomic E-state index is 6.64. The van der Waals surface area contributed by atoms with E-state index >= 15 is 0 Å². The Bertz CT molecular complexity index is 3940. The Morgan fingerprint density at radius 1 is 0.469 bits per heavy atom. The topological polar surface area (TPSA) is 47.7 Å². The number of allylic oxidation sites excluding steroid dienone is 1. The number of amidine groups is 1. The highest BCUT2D eigenvalue weighted by Crippen LogP contribution is 2.44. The number of fused-ring (bicyclic) bond motifs is 10. The summed E-state index contributed by atoms with van der Waals surface area (Å²) in [6.07, 6.45) is 3.07. The van der Waals surface area contributed by atoms with Gasteiger partial charge in [-0.05, 0) is 83.4 Å². The van der Waals surface area contributed by atoms with Crippen molar-refractivity contribution in [2.24, 2.45) is 15.9 Å². The van der Waals surface area contributed by atoms with Gasteiger partial charge in [0.1, 0.15) is 11.2 Å². The predicted octanol–water partition coefficient (Wildman–Crippen LogP) is 15.3. The number of hydrogen-bond donors (Lipinski definition) is 0. The Kier molecular flexibility index (Phi) is 8.19. The van der Waals surface area contributed by atoms with E-state index in [1.165, 1.54) is 37.8 Å². The van der Waals surface area contributed by atoms with Crippen molar-refractivity contribution in [2.45, 2.75) is 13.3 Å². The van der Waals surface area contributed by atoms with E-state index in [1.54, 1.807) is 0 Å². The first kappa shape index (κ1) is 36.4. The number of benzene rings is 9. The minimum Gasteiger partial charge on any atom is -0.456 e. The molecule has 3 aromatic heterocycles. The van der Waals surface area contributed by atoms with Crippen molar-refractivity contribution in [1.29, 1.82) is 0 Å². The molecule has 0 saturated carbocycles. The molecule has 0 N–H and O–H groups in total. The molecule has 302 valence electrons. The minimum atomic E-state index is 0.0674. The fourth-order valence-corrected chi connectivity index (χ4v) is 10.2. The maximum atomic E-state index is 6.64. The standard InChI is InChI=1S/C59H40N4O/c1-37-28-32-49(60-59(38-16-4-2-5-17-38)61-57(37)41-29-30-45-43-22-10-13-25-50(43)62(52(45)36-41)42-20-6-3-7-21-42)46-31-33-55-56(47-24-12-15-27-54(47)64-55)58(46)63-51-26-14-11-23-44(51)48-34-39-18-8-9-19-40(39)35-53(48)63/h2-27,29-37H,28H2,1H3/b49-32+,60-59-,61-57+. The van der Waals surface area contributed by atoms with Crippen molar-refractivity contribution < 1.29 is 4.42 Å². The molecule has 0 amide bonds. The summed E-state index contributed by atoms with van der Waals surface area (Å²) in [4.78, 5) is 11.3. The van der Waals surface area contributed by atoms with Crippen molar-refractivity contribution in [1.82, 2.24) is 9.13 Å². The van der Waals surface area contributed by atoms with Crippen LogP contribution in [0.1, 0.15) is 30.0 Å². The molecule has 4 heterocycles. The second-order valence-electron chi connectivity index (χ2n) is 16.9. The first-order valence-electron chi connectivity index (χ1n) is 22.0. The normalized spacial score (nSPS) is 17.1. The van der Waals surface area contributed by atoms with Crippen LogP contribution >= 0.6 is 0 Å². The highest BCUT2D eigenvalue weighted by atomic mass is 16.3. The van der Waals surface area contributed by atoms with Gasteiger partial charge in [-0.1, -0.05) is 153 Å². The van der Waals surface area contributed by atoms with Gasteiger partial charge in [0.15, 0.2) is 5.84 Å². The Balaban J connectivity index is 1.07. The van der Waals surface area contributed by atoms with Crippen molar-refractivity contribution >= 4 is 93.6 Å². The number of hydrogen-bond acceptors (Lipinski definition) is 3. The molecule has 12 aromatic rings. The molecular formula is C59H40N4O. The van der Waals surface area contributed by atoms with Crippen molar-refractivity contribution in [3.05, 3.63) is 223 Å². The maximum Gasteiger partial charge on any atom is 0.160 e. The number of aliphatic imine (C=N–C) groups is 2. The summed E-state index contributed by atoms with van der Waals surface area (Å²) < 4.78 is 11.5. The highest BCUT2D eigenvalue weighted by Gasteiger charge is 2.26. The second kappa shape index (κ2) is 14.4. The molecular weight excluding hydrogens is 781 g/mol. The van der Waals surface area contributed by atoms with Crippen LogP contribution in [0, 0.1) is 5.92 Å². The van der Waals surface area contributed by atoms with Gasteiger partial charge in [-0.15, -0.1) is 0 Å². The monoisotopic (exact) mass is 820 g/mol.